The van der Waals surface area contributed by atoms with E-state index in [1.807, 2.05) is 57.2 Å². The fraction of sp³-hybridized carbons (Fsp3) is 0.462. The number of carbonyl (C=O) groups excluding carboxylic acids is 1. The molecule has 188 valence electrons. The summed E-state index contributed by atoms with van der Waals surface area (Å²) in [6, 6.07) is 9.59. The van der Waals surface area contributed by atoms with Gasteiger partial charge in [0.25, 0.3) is 10.1 Å². The number of likely N-dealkylation sites (tertiary alicyclic amines) is 1. The van der Waals surface area contributed by atoms with E-state index in [-0.39, 0.29) is 24.5 Å². The van der Waals surface area contributed by atoms with E-state index in [0.717, 1.165) is 47.1 Å². The Labute approximate surface area is 212 Å². The number of fused-ring (bicyclic) bond motifs is 2. The summed E-state index contributed by atoms with van der Waals surface area (Å²) in [5, 5.41) is 0.598. The Morgan fingerprint density at radius 1 is 1.20 bits per heavy atom. The van der Waals surface area contributed by atoms with Crippen molar-refractivity contribution < 1.29 is 22.1 Å². The van der Waals surface area contributed by atoms with E-state index >= 15 is 0 Å². The van der Waals surface area contributed by atoms with Crippen molar-refractivity contribution in [3.8, 4) is 0 Å². The van der Waals surface area contributed by atoms with Gasteiger partial charge in [-0.15, -0.1) is 0 Å². The third kappa shape index (κ3) is 6.23. The number of halogens is 1. The van der Waals surface area contributed by atoms with E-state index < -0.39 is 15.7 Å². The van der Waals surface area contributed by atoms with Gasteiger partial charge in [0.15, 0.2) is 0 Å². The minimum absolute atomic E-state index is 0.0359. The second-order valence-electron chi connectivity index (χ2n) is 10.1. The van der Waals surface area contributed by atoms with Crippen LogP contribution in [0.15, 0.2) is 36.5 Å². The molecule has 1 aliphatic carbocycles. The maximum absolute atomic E-state index is 12.6. The molecule has 4 rings (SSSR count). The molecule has 1 unspecified atom stereocenters. The maximum Gasteiger partial charge on any atom is 0.410 e. The molecule has 1 atom stereocenters. The van der Waals surface area contributed by atoms with Gasteiger partial charge in [0, 0.05) is 35.8 Å². The number of aromatic nitrogens is 1. The fourth-order valence-corrected chi connectivity index (χ4v) is 5.33. The monoisotopic (exact) mass is 518 g/mol. The highest BCUT2D eigenvalue weighted by Crippen LogP contribution is 2.44. The molecule has 9 heteroatoms. The van der Waals surface area contributed by atoms with Crippen LogP contribution < -0.4 is 0 Å². The Balaban J connectivity index is 1.68. The van der Waals surface area contributed by atoms with Gasteiger partial charge in [-0.1, -0.05) is 23.7 Å². The summed E-state index contributed by atoms with van der Waals surface area (Å²) in [4.78, 5) is 19.1. The number of hydrogen-bond acceptors (Lipinski definition) is 6. The molecular formula is C26H31ClN2O5S. The van der Waals surface area contributed by atoms with E-state index in [1.165, 1.54) is 0 Å². The summed E-state index contributed by atoms with van der Waals surface area (Å²) in [5.41, 5.74) is 3.94. The molecule has 0 N–H and O–H groups in total. The topological polar surface area (TPSA) is 85.8 Å². The Morgan fingerprint density at radius 2 is 1.91 bits per heavy atom. The molecule has 1 aromatic heterocycles. The lowest BCUT2D eigenvalue weighted by Gasteiger charge is -2.37. The van der Waals surface area contributed by atoms with Gasteiger partial charge in [0.05, 0.1) is 18.6 Å². The Bertz CT molecular complexity index is 1240. The summed E-state index contributed by atoms with van der Waals surface area (Å²) >= 11 is 6.35. The van der Waals surface area contributed by atoms with Gasteiger partial charge in [0.1, 0.15) is 5.60 Å². The smallest absolute Gasteiger partial charge is 0.410 e. The highest BCUT2D eigenvalue weighted by atomic mass is 35.5. The molecule has 1 amide bonds. The molecule has 0 spiro atoms. The highest BCUT2D eigenvalue weighted by Gasteiger charge is 2.36. The predicted octanol–water partition coefficient (Wildman–Crippen LogP) is 5.34. The zero-order valence-electron chi connectivity index (χ0n) is 20.5. The molecule has 35 heavy (non-hydrogen) atoms. The quantitative estimate of drug-likeness (QED) is 0.507. The SMILES string of the molecule is CC(C)(C)OC(=O)N1CCC(C2c3ccc(Cl)cc3C=C(COS(C)(=O)=O)c3cccnc32)CC1. The van der Waals surface area contributed by atoms with E-state index in [1.54, 1.807) is 11.1 Å². The molecule has 1 aromatic carbocycles. The minimum atomic E-state index is -3.62. The van der Waals surface area contributed by atoms with Crippen LogP contribution in [0.25, 0.3) is 11.6 Å². The molecular weight excluding hydrogens is 488 g/mol. The summed E-state index contributed by atoms with van der Waals surface area (Å²) in [6.07, 6.45) is 6.04. The second kappa shape index (κ2) is 9.91. The number of ether oxygens (including phenoxy) is 1. The molecule has 1 saturated heterocycles. The van der Waals surface area contributed by atoms with Crippen molar-refractivity contribution in [2.45, 2.75) is 45.1 Å². The lowest BCUT2D eigenvalue weighted by atomic mass is 9.76. The lowest BCUT2D eigenvalue weighted by molar-refractivity contribution is 0.0178. The second-order valence-corrected chi connectivity index (χ2v) is 12.2. The number of nitrogens with zero attached hydrogens (tertiary/aromatic N) is 2. The van der Waals surface area contributed by atoms with Crippen LogP contribution in [0, 0.1) is 5.92 Å². The summed E-state index contributed by atoms with van der Waals surface area (Å²) in [7, 11) is -3.62. The van der Waals surface area contributed by atoms with Gasteiger partial charge in [-0.3, -0.25) is 9.17 Å². The maximum atomic E-state index is 12.6. The van der Waals surface area contributed by atoms with Crippen LogP contribution in [0.2, 0.25) is 5.02 Å². The first-order valence-electron chi connectivity index (χ1n) is 11.7. The van der Waals surface area contributed by atoms with Gasteiger partial charge in [-0.2, -0.15) is 8.42 Å². The van der Waals surface area contributed by atoms with Crippen LogP contribution in [0.4, 0.5) is 4.79 Å². The average Bonchev–Trinajstić information content (AvgIpc) is 2.90. The molecule has 1 fully saturated rings. The minimum Gasteiger partial charge on any atom is -0.444 e. The Kier molecular flexibility index (Phi) is 7.27. The van der Waals surface area contributed by atoms with Gasteiger partial charge in [-0.25, -0.2) is 4.79 Å². The van der Waals surface area contributed by atoms with Crippen molar-refractivity contribution in [2.24, 2.45) is 5.92 Å². The van der Waals surface area contributed by atoms with Crippen molar-refractivity contribution in [1.29, 1.82) is 0 Å². The van der Waals surface area contributed by atoms with Crippen LogP contribution in [0.5, 0.6) is 0 Å². The number of rotatable bonds is 4. The normalized spacial score (nSPS) is 18.8. The highest BCUT2D eigenvalue weighted by molar-refractivity contribution is 7.86. The number of piperidine rings is 1. The predicted molar refractivity (Wildman–Crippen MR) is 137 cm³/mol. The third-order valence-electron chi connectivity index (χ3n) is 6.28. The molecule has 2 aliphatic rings. The molecule has 0 radical (unpaired) electrons. The number of amides is 1. The van der Waals surface area contributed by atoms with E-state index in [2.05, 4.69) is 0 Å². The van der Waals surface area contributed by atoms with Gasteiger partial charge in [-0.05, 0) is 80.5 Å². The summed E-state index contributed by atoms with van der Waals surface area (Å²) < 4.78 is 34.2. The molecule has 2 heterocycles. The zero-order chi connectivity index (χ0) is 25.4. The van der Waals surface area contributed by atoms with E-state index in [0.29, 0.717) is 18.1 Å². The van der Waals surface area contributed by atoms with Crippen molar-refractivity contribution in [3.05, 3.63) is 63.9 Å². The summed E-state index contributed by atoms with van der Waals surface area (Å²) in [6.45, 7) is 6.70. The standard InChI is InChI=1S/C26H31ClN2O5S/c1-26(2,3)34-25(30)29-12-9-17(10-13-29)23-21-8-7-20(27)15-18(21)14-19(16-33-35(4,31)32)22-6-5-11-28-24(22)23/h5-8,11,14-15,17,23H,9-10,12-13,16H2,1-4H3. The van der Waals surface area contributed by atoms with Crippen molar-refractivity contribution in [2.75, 3.05) is 26.0 Å². The number of pyridine rings is 1. The molecule has 2 aromatic rings. The van der Waals surface area contributed by atoms with Crippen molar-refractivity contribution >= 4 is 39.5 Å². The van der Waals surface area contributed by atoms with Crippen LogP contribution >= 0.6 is 11.6 Å². The van der Waals surface area contributed by atoms with Gasteiger partial charge in [0.2, 0.25) is 0 Å². The molecule has 0 saturated carbocycles. The van der Waals surface area contributed by atoms with Crippen LogP contribution in [-0.4, -0.2) is 55.9 Å². The lowest BCUT2D eigenvalue weighted by Crippen LogP contribution is -2.42. The van der Waals surface area contributed by atoms with E-state index in [4.69, 9.17) is 25.5 Å². The van der Waals surface area contributed by atoms with Crippen LogP contribution in [0.1, 0.15) is 61.9 Å². The van der Waals surface area contributed by atoms with Crippen LogP contribution in [0.3, 0.4) is 0 Å². The fourth-order valence-electron chi connectivity index (χ4n) is 4.81. The largest absolute Gasteiger partial charge is 0.444 e. The first kappa shape index (κ1) is 25.7. The first-order valence-corrected chi connectivity index (χ1v) is 13.9. The van der Waals surface area contributed by atoms with Gasteiger partial charge >= 0.3 is 6.09 Å². The van der Waals surface area contributed by atoms with E-state index in [9.17, 15) is 13.2 Å². The molecule has 7 nitrogen and oxygen atoms in total. The average molecular weight is 519 g/mol. The summed E-state index contributed by atoms with van der Waals surface area (Å²) in [5.74, 6) is 0.192. The number of carbonyl (C=O) groups is 1. The number of benzene rings is 1. The molecule has 0 bridgehead atoms. The zero-order valence-corrected chi connectivity index (χ0v) is 22.0. The van der Waals surface area contributed by atoms with Crippen molar-refractivity contribution in [3.63, 3.8) is 0 Å². The number of hydrogen-bond donors (Lipinski definition) is 0. The molecule has 1 aliphatic heterocycles. The Hall–Kier alpha value is -2.42. The van der Waals surface area contributed by atoms with Gasteiger partial charge < -0.3 is 9.64 Å². The first-order chi connectivity index (χ1) is 16.4. The Morgan fingerprint density at radius 3 is 2.57 bits per heavy atom. The van der Waals surface area contributed by atoms with Crippen molar-refractivity contribution in [1.82, 2.24) is 9.88 Å². The van der Waals surface area contributed by atoms with Crippen LogP contribution in [-0.2, 0) is 19.0 Å². The third-order valence-corrected chi connectivity index (χ3v) is 7.07.